The number of ether oxygens (including phenoxy) is 1. The highest BCUT2D eigenvalue weighted by molar-refractivity contribution is 5.92. The summed E-state index contributed by atoms with van der Waals surface area (Å²) < 4.78 is 5.37. The number of anilines is 1. The largest absolute Gasteiger partial charge is 0.481 e. The summed E-state index contributed by atoms with van der Waals surface area (Å²) in [5.41, 5.74) is 9.46. The number of amides is 1. The van der Waals surface area contributed by atoms with Crippen LogP contribution in [0.1, 0.15) is 51.3 Å². The molecule has 0 heterocycles. The molecule has 0 bridgehead atoms. The van der Waals surface area contributed by atoms with Crippen LogP contribution >= 0.6 is 0 Å². The second-order valence-corrected chi connectivity index (χ2v) is 7.81. The lowest BCUT2D eigenvalue weighted by atomic mass is 9.97. The predicted molar refractivity (Wildman–Crippen MR) is 110 cm³/mol. The second kappa shape index (κ2) is 8.89. The molecule has 0 spiro atoms. The summed E-state index contributed by atoms with van der Waals surface area (Å²) in [5.74, 6) is -0.865. The van der Waals surface area contributed by atoms with Crippen molar-refractivity contribution in [3.8, 4) is 11.1 Å². The minimum Gasteiger partial charge on any atom is -0.481 e. The van der Waals surface area contributed by atoms with E-state index in [-0.39, 0.29) is 12.5 Å². The van der Waals surface area contributed by atoms with Crippen molar-refractivity contribution < 1.29 is 19.4 Å². The maximum Gasteiger partial charge on any atom is 0.412 e. The van der Waals surface area contributed by atoms with Crippen molar-refractivity contribution in [3.05, 3.63) is 53.6 Å². The third-order valence-corrected chi connectivity index (χ3v) is 4.07. The summed E-state index contributed by atoms with van der Waals surface area (Å²) in [4.78, 5) is 23.2. The Labute approximate surface area is 165 Å². The van der Waals surface area contributed by atoms with Crippen LogP contribution in [-0.4, -0.2) is 22.8 Å². The highest BCUT2D eigenvalue weighted by atomic mass is 16.6. The van der Waals surface area contributed by atoms with Gasteiger partial charge in [0.1, 0.15) is 5.60 Å². The van der Waals surface area contributed by atoms with Gasteiger partial charge in [0.05, 0.1) is 5.69 Å². The molecule has 1 unspecified atom stereocenters. The lowest BCUT2D eigenvalue weighted by Crippen LogP contribution is -2.27. The Morgan fingerprint density at radius 3 is 2.50 bits per heavy atom. The summed E-state index contributed by atoms with van der Waals surface area (Å²) in [5, 5.41) is 11.7. The van der Waals surface area contributed by atoms with E-state index < -0.39 is 17.7 Å². The van der Waals surface area contributed by atoms with Crippen molar-refractivity contribution in [2.45, 2.75) is 52.2 Å². The third kappa shape index (κ3) is 6.39. The van der Waals surface area contributed by atoms with Gasteiger partial charge >= 0.3 is 12.1 Å². The molecule has 150 valence electrons. The molecule has 0 aliphatic rings. The fourth-order valence-electron chi connectivity index (χ4n) is 2.76. The van der Waals surface area contributed by atoms with Crippen LogP contribution in [0.4, 0.5) is 10.5 Å². The number of hydrogen-bond acceptors (Lipinski definition) is 4. The number of rotatable bonds is 6. The van der Waals surface area contributed by atoms with Crippen LogP contribution in [0.5, 0.6) is 0 Å². The Hall–Kier alpha value is -2.86. The molecular weight excluding hydrogens is 356 g/mol. The van der Waals surface area contributed by atoms with Crippen molar-refractivity contribution >= 4 is 17.7 Å². The van der Waals surface area contributed by atoms with E-state index in [1.807, 2.05) is 43.3 Å². The van der Waals surface area contributed by atoms with E-state index in [4.69, 9.17) is 15.6 Å². The number of carbonyl (C=O) groups excluding carboxylic acids is 1. The number of carboxylic acid groups (broad SMARTS) is 1. The topological polar surface area (TPSA) is 102 Å². The number of aliphatic carboxylic acids is 1. The number of nitrogens with two attached hydrogens (primary N) is 1. The molecule has 6 nitrogen and oxygen atoms in total. The molecule has 28 heavy (non-hydrogen) atoms. The summed E-state index contributed by atoms with van der Waals surface area (Å²) in [6.45, 7) is 7.29. The van der Waals surface area contributed by atoms with Gasteiger partial charge in [-0.05, 0) is 62.9 Å². The molecule has 0 aromatic heterocycles. The smallest absolute Gasteiger partial charge is 0.412 e. The molecule has 0 fully saturated rings. The van der Waals surface area contributed by atoms with Crippen LogP contribution in [0.15, 0.2) is 42.5 Å². The molecule has 1 atom stereocenters. The monoisotopic (exact) mass is 384 g/mol. The minimum atomic E-state index is -0.865. The van der Waals surface area contributed by atoms with E-state index in [2.05, 4.69) is 5.32 Å². The first-order valence-electron chi connectivity index (χ1n) is 9.26. The van der Waals surface area contributed by atoms with E-state index in [1.165, 1.54) is 0 Å². The van der Waals surface area contributed by atoms with Gasteiger partial charge in [0, 0.05) is 18.0 Å². The maximum atomic E-state index is 12.3. The van der Waals surface area contributed by atoms with Crippen molar-refractivity contribution in [2.24, 2.45) is 5.73 Å². The average molecular weight is 384 g/mol. The Morgan fingerprint density at radius 2 is 1.89 bits per heavy atom. The normalized spacial score (nSPS) is 12.3. The van der Waals surface area contributed by atoms with E-state index in [1.54, 1.807) is 26.8 Å². The first-order valence-corrected chi connectivity index (χ1v) is 9.26. The molecular formula is C22H28N2O4. The van der Waals surface area contributed by atoms with Crippen LogP contribution in [-0.2, 0) is 16.0 Å². The zero-order chi connectivity index (χ0) is 20.9. The second-order valence-electron chi connectivity index (χ2n) is 7.81. The minimum absolute atomic E-state index is 0.0192. The zero-order valence-corrected chi connectivity index (χ0v) is 16.8. The molecule has 0 radical (unpaired) electrons. The lowest BCUT2D eigenvalue weighted by Gasteiger charge is -2.21. The molecule has 1 amide bonds. The van der Waals surface area contributed by atoms with Gasteiger partial charge in [-0.2, -0.15) is 0 Å². The van der Waals surface area contributed by atoms with E-state index >= 15 is 0 Å². The number of aryl methyl sites for hydroxylation is 1. The fourth-order valence-corrected chi connectivity index (χ4v) is 2.76. The summed E-state index contributed by atoms with van der Waals surface area (Å²) in [7, 11) is 0. The Balaban J connectivity index is 2.41. The highest BCUT2D eigenvalue weighted by Gasteiger charge is 2.18. The van der Waals surface area contributed by atoms with Gasteiger partial charge in [0.25, 0.3) is 0 Å². The van der Waals surface area contributed by atoms with E-state index in [0.29, 0.717) is 12.1 Å². The van der Waals surface area contributed by atoms with E-state index in [9.17, 15) is 9.59 Å². The van der Waals surface area contributed by atoms with Crippen molar-refractivity contribution in [1.29, 1.82) is 0 Å². The molecule has 2 aromatic carbocycles. The van der Waals surface area contributed by atoms with Gasteiger partial charge < -0.3 is 15.6 Å². The van der Waals surface area contributed by atoms with Gasteiger partial charge in [0.2, 0.25) is 0 Å². The first-order chi connectivity index (χ1) is 13.0. The molecule has 4 N–H and O–H groups in total. The Morgan fingerprint density at radius 1 is 1.18 bits per heavy atom. The van der Waals surface area contributed by atoms with Crippen LogP contribution in [0.25, 0.3) is 11.1 Å². The number of nitrogens with one attached hydrogen (secondary N) is 1. The summed E-state index contributed by atoms with van der Waals surface area (Å²) in [6.07, 6.45) is -0.170. The number of carboxylic acids is 1. The number of hydrogen-bond donors (Lipinski definition) is 3. The first kappa shape index (κ1) is 21.4. The molecule has 0 aliphatic heterocycles. The molecule has 2 aromatic rings. The SMILES string of the molecule is CC(N)c1cccc(-c2ccc(CCC(=O)O)cc2NC(=O)OC(C)(C)C)c1. The van der Waals surface area contributed by atoms with Gasteiger partial charge in [-0.25, -0.2) is 4.79 Å². The van der Waals surface area contributed by atoms with Gasteiger partial charge in [-0.1, -0.05) is 30.3 Å². The average Bonchev–Trinajstić information content (AvgIpc) is 2.58. The van der Waals surface area contributed by atoms with Crippen molar-refractivity contribution in [1.82, 2.24) is 0 Å². The van der Waals surface area contributed by atoms with Gasteiger partial charge in [-0.3, -0.25) is 10.1 Å². The highest BCUT2D eigenvalue weighted by Crippen LogP contribution is 2.31. The lowest BCUT2D eigenvalue weighted by molar-refractivity contribution is -0.136. The third-order valence-electron chi connectivity index (χ3n) is 4.07. The quantitative estimate of drug-likeness (QED) is 0.668. The van der Waals surface area contributed by atoms with Crippen LogP contribution in [0.2, 0.25) is 0 Å². The predicted octanol–water partition coefficient (Wildman–Crippen LogP) is 4.74. The molecule has 0 aliphatic carbocycles. The number of benzene rings is 2. The van der Waals surface area contributed by atoms with Crippen LogP contribution < -0.4 is 11.1 Å². The Bertz CT molecular complexity index is 854. The Kier molecular flexibility index (Phi) is 6.80. The fraction of sp³-hybridized carbons (Fsp3) is 0.364. The number of carbonyl (C=O) groups is 2. The van der Waals surface area contributed by atoms with Crippen LogP contribution in [0.3, 0.4) is 0 Å². The zero-order valence-electron chi connectivity index (χ0n) is 16.8. The van der Waals surface area contributed by atoms with Gasteiger partial charge in [0.15, 0.2) is 0 Å². The summed E-state index contributed by atoms with van der Waals surface area (Å²) >= 11 is 0. The molecule has 0 saturated carbocycles. The van der Waals surface area contributed by atoms with Crippen molar-refractivity contribution in [2.75, 3.05) is 5.32 Å². The van der Waals surface area contributed by atoms with E-state index in [0.717, 1.165) is 22.3 Å². The van der Waals surface area contributed by atoms with Crippen LogP contribution in [0, 0.1) is 0 Å². The van der Waals surface area contributed by atoms with Gasteiger partial charge in [-0.15, -0.1) is 0 Å². The molecule has 2 rings (SSSR count). The standard InChI is InChI=1S/C22H28N2O4/c1-14(23)16-6-5-7-17(13-16)18-10-8-15(9-11-20(25)26)12-19(18)24-21(27)28-22(2,3)4/h5-8,10,12-14H,9,11,23H2,1-4H3,(H,24,27)(H,25,26). The van der Waals surface area contributed by atoms with Crippen molar-refractivity contribution in [3.63, 3.8) is 0 Å². The molecule has 6 heteroatoms. The summed E-state index contributed by atoms with van der Waals surface area (Å²) in [6, 6.07) is 13.2. The molecule has 0 saturated heterocycles. The maximum absolute atomic E-state index is 12.3.